The third kappa shape index (κ3) is 5.65. The van der Waals surface area contributed by atoms with Crippen molar-refractivity contribution >= 4 is 5.91 Å². The SMILES string of the molecule is COC[C@@H]1[C@H](C(=O)NCCc2ccccc2)CCCN1Cc1ccccc1. The Morgan fingerprint density at radius 3 is 2.41 bits per heavy atom. The van der Waals surface area contributed by atoms with Crippen molar-refractivity contribution in [2.75, 3.05) is 26.8 Å². The Kier molecular flexibility index (Phi) is 7.43. The average molecular weight is 367 g/mol. The van der Waals surface area contributed by atoms with Gasteiger partial charge in [-0.05, 0) is 36.9 Å². The summed E-state index contributed by atoms with van der Waals surface area (Å²) in [5.41, 5.74) is 2.53. The van der Waals surface area contributed by atoms with Crippen LogP contribution >= 0.6 is 0 Å². The van der Waals surface area contributed by atoms with E-state index in [1.54, 1.807) is 7.11 Å². The maximum atomic E-state index is 12.9. The number of nitrogens with one attached hydrogen (secondary N) is 1. The van der Waals surface area contributed by atoms with E-state index in [0.29, 0.717) is 13.2 Å². The van der Waals surface area contributed by atoms with E-state index < -0.39 is 0 Å². The molecule has 1 aliphatic rings. The van der Waals surface area contributed by atoms with Gasteiger partial charge in [0.25, 0.3) is 0 Å². The van der Waals surface area contributed by atoms with Crippen LogP contribution < -0.4 is 5.32 Å². The maximum absolute atomic E-state index is 12.9. The molecule has 3 rings (SSSR count). The van der Waals surface area contributed by atoms with Gasteiger partial charge in [-0.2, -0.15) is 0 Å². The minimum atomic E-state index is -0.0156. The van der Waals surface area contributed by atoms with Gasteiger partial charge in [-0.25, -0.2) is 0 Å². The number of benzene rings is 2. The second kappa shape index (κ2) is 10.2. The summed E-state index contributed by atoms with van der Waals surface area (Å²) < 4.78 is 5.48. The van der Waals surface area contributed by atoms with E-state index in [1.807, 2.05) is 24.3 Å². The minimum Gasteiger partial charge on any atom is -0.383 e. The molecule has 2 atom stereocenters. The van der Waals surface area contributed by atoms with Gasteiger partial charge < -0.3 is 10.1 Å². The van der Waals surface area contributed by atoms with Crippen molar-refractivity contribution in [3.63, 3.8) is 0 Å². The molecule has 0 spiro atoms. The lowest BCUT2D eigenvalue weighted by Crippen LogP contribution is -2.52. The largest absolute Gasteiger partial charge is 0.383 e. The predicted molar refractivity (Wildman–Crippen MR) is 108 cm³/mol. The Balaban J connectivity index is 1.59. The Labute approximate surface area is 162 Å². The van der Waals surface area contributed by atoms with Gasteiger partial charge >= 0.3 is 0 Å². The number of hydrogen-bond acceptors (Lipinski definition) is 3. The van der Waals surface area contributed by atoms with Gasteiger partial charge in [0.2, 0.25) is 5.91 Å². The summed E-state index contributed by atoms with van der Waals surface area (Å²) in [5.74, 6) is 0.143. The van der Waals surface area contributed by atoms with Crippen LogP contribution in [0.2, 0.25) is 0 Å². The van der Waals surface area contributed by atoms with E-state index in [0.717, 1.165) is 32.4 Å². The van der Waals surface area contributed by atoms with Crippen molar-refractivity contribution in [1.29, 1.82) is 0 Å². The lowest BCUT2D eigenvalue weighted by Gasteiger charge is -2.40. The second-order valence-electron chi connectivity index (χ2n) is 7.25. The van der Waals surface area contributed by atoms with E-state index in [9.17, 15) is 4.79 Å². The zero-order valence-corrected chi connectivity index (χ0v) is 16.1. The van der Waals surface area contributed by atoms with Gasteiger partial charge in [0, 0.05) is 26.2 Å². The molecule has 0 unspecified atom stereocenters. The molecule has 0 saturated carbocycles. The fourth-order valence-corrected chi connectivity index (χ4v) is 3.95. The summed E-state index contributed by atoms with van der Waals surface area (Å²) >= 11 is 0. The highest BCUT2D eigenvalue weighted by atomic mass is 16.5. The molecule has 1 heterocycles. The van der Waals surface area contributed by atoms with Crippen LogP contribution in [0.1, 0.15) is 24.0 Å². The number of amides is 1. The minimum absolute atomic E-state index is 0.0156. The molecule has 27 heavy (non-hydrogen) atoms. The molecule has 0 radical (unpaired) electrons. The van der Waals surface area contributed by atoms with Crippen LogP contribution in [0.4, 0.5) is 0 Å². The van der Waals surface area contributed by atoms with E-state index in [1.165, 1.54) is 11.1 Å². The number of nitrogens with zero attached hydrogens (tertiary/aromatic N) is 1. The molecule has 1 saturated heterocycles. The van der Waals surface area contributed by atoms with E-state index in [-0.39, 0.29) is 17.9 Å². The predicted octanol–water partition coefficient (Wildman–Crippen LogP) is 3.27. The first kappa shape index (κ1) is 19.6. The summed E-state index contributed by atoms with van der Waals surface area (Å²) in [4.78, 5) is 15.3. The molecule has 1 fully saturated rings. The second-order valence-corrected chi connectivity index (χ2v) is 7.25. The van der Waals surface area contributed by atoms with E-state index in [4.69, 9.17) is 4.74 Å². The number of ether oxygens (including phenoxy) is 1. The molecular weight excluding hydrogens is 336 g/mol. The summed E-state index contributed by atoms with van der Waals surface area (Å²) in [6, 6.07) is 20.9. The molecule has 4 nitrogen and oxygen atoms in total. The molecular formula is C23H30N2O2. The highest BCUT2D eigenvalue weighted by Gasteiger charge is 2.35. The van der Waals surface area contributed by atoms with Crippen LogP contribution in [-0.4, -0.2) is 43.7 Å². The third-order valence-electron chi connectivity index (χ3n) is 5.35. The number of carbonyl (C=O) groups is 1. The van der Waals surface area contributed by atoms with E-state index >= 15 is 0 Å². The lowest BCUT2D eigenvalue weighted by molar-refractivity contribution is -0.130. The monoisotopic (exact) mass is 366 g/mol. The van der Waals surface area contributed by atoms with Crippen molar-refractivity contribution in [3.8, 4) is 0 Å². The van der Waals surface area contributed by atoms with Crippen LogP contribution in [-0.2, 0) is 22.5 Å². The van der Waals surface area contributed by atoms with Crippen LogP contribution in [0, 0.1) is 5.92 Å². The molecule has 4 heteroatoms. The van der Waals surface area contributed by atoms with Crippen molar-refractivity contribution in [1.82, 2.24) is 10.2 Å². The fourth-order valence-electron chi connectivity index (χ4n) is 3.95. The molecule has 2 aromatic carbocycles. The first-order chi connectivity index (χ1) is 13.3. The van der Waals surface area contributed by atoms with Crippen LogP contribution in [0.5, 0.6) is 0 Å². The van der Waals surface area contributed by atoms with Crippen molar-refractivity contribution < 1.29 is 9.53 Å². The smallest absolute Gasteiger partial charge is 0.224 e. The lowest BCUT2D eigenvalue weighted by atomic mass is 9.88. The first-order valence-electron chi connectivity index (χ1n) is 9.86. The number of rotatable bonds is 8. The van der Waals surface area contributed by atoms with Gasteiger partial charge in [-0.3, -0.25) is 9.69 Å². The summed E-state index contributed by atoms with van der Waals surface area (Å²) in [5, 5.41) is 3.15. The molecule has 1 N–H and O–H groups in total. The molecule has 1 amide bonds. The molecule has 0 aliphatic carbocycles. The van der Waals surface area contributed by atoms with Crippen molar-refractivity contribution in [2.24, 2.45) is 5.92 Å². The molecule has 2 aromatic rings. The molecule has 144 valence electrons. The number of carbonyl (C=O) groups excluding carboxylic acids is 1. The first-order valence-corrected chi connectivity index (χ1v) is 9.86. The summed E-state index contributed by atoms with van der Waals surface area (Å²) in [6.07, 6.45) is 2.84. The number of methoxy groups -OCH3 is 1. The van der Waals surface area contributed by atoms with Crippen LogP contribution in [0.15, 0.2) is 60.7 Å². The molecule has 1 aliphatic heterocycles. The third-order valence-corrected chi connectivity index (χ3v) is 5.35. The van der Waals surface area contributed by atoms with Crippen molar-refractivity contribution in [2.45, 2.75) is 31.8 Å². The number of hydrogen-bond donors (Lipinski definition) is 1. The normalized spacial score (nSPS) is 20.3. The standard InChI is InChI=1S/C23H30N2O2/c1-27-18-22-21(23(26)24-15-14-19-9-4-2-5-10-19)13-8-16-25(22)17-20-11-6-3-7-12-20/h2-7,9-12,21-22H,8,13-18H2,1H3,(H,24,26)/t21-,22-/m1/s1. The van der Waals surface area contributed by atoms with Gasteiger partial charge in [0.15, 0.2) is 0 Å². The number of likely N-dealkylation sites (tertiary alicyclic amines) is 1. The maximum Gasteiger partial charge on any atom is 0.224 e. The Morgan fingerprint density at radius 2 is 1.74 bits per heavy atom. The van der Waals surface area contributed by atoms with Gasteiger partial charge in [0.05, 0.1) is 12.5 Å². The molecule has 0 aromatic heterocycles. The summed E-state index contributed by atoms with van der Waals surface area (Å²) in [7, 11) is 1.72. The molecule has 0 bridgehead atoms. The topological polar surface area (TPSA) is 41.6 Å². The highest BCUT2D eigenvalue weighted by Crippen LogP contribution is 2.26. The van der Waals surface area contributed by atoms with Gasteiger partial charge in [-0.1, -0.05) is 60.7 Å². The van der Waals surface area contributed by atoms with Crippen LogP contribution in [0.3, 0.4) is 0 Å². The van der Waals surface area contributed by atoms with Gasteiger partial charge in [-0.15, -0.1) is 0 Å². The summed E-state index contributed by atoms with van der Waals surface area (Å²) in [6.45, 7) is 3.14. The quantitative estimate of drug-likeness (QED) is 0.780. The average Bonchev–Trinajstić information content (AvgIpc) is 2.71. The number of piperidine rings is 1. The van der Waals surface area contributed by atoms with Crippen LogP contribution in [0.25, 0.3) is 0 Å². The van der Waals surface area contributed by atoms with Gasteiger partial charge in [0.1, 0.15) is 0 Å². The van der Waals surface area contributed by atoms with Crippen molar-refractivity contribution in [3.05, 3.63) is 71.8 Å². The highest BCUT2D eigenvalue weighted by molar-refractivity contribution is 5.79. The Bertz CT molecular complexity index is 690. The van der Waals surface area contributed by atoms with E-state index in [2.05, 4.69) is 46.6 Å². The zero-order chi connectivity index (χ0) is 18.9. The Hall–Kier alpha value is -2.17. The Morgan fingerprint density at radius 1 is 1.07 bits per heavy atom. The zero-order valence-electron chi connectivity index (χ0n) is 16.1. The fraction of sp³-hybridized carbons (Fsp3) is 0.435.